The number of carbonyl (C=O) groups is 1. The van der Waals surface area contributed by atoms with Gasteiger partial charge in [0.2, 0.25) is 0 Å². The number of likely N-dealkylation sites (tertiary alicyclic amines) is 1. The van der Waals surface area contributed by atoms with E-state index in [0.29, 0.717) is 18.7 Å². The Morgan fingerprint density at radius 3 is 2.95 bits per heavy atom. The Labute approximate surface area is 113 Å². The topological polar surface area (TPSA) is 65.5 Å². The number of pyridine rings is 1. The number of halogens is 3. The van der Waals surface area contributed by atoms with E-state index in [-0.39, 0.29) is 18.2 Å². The summed E-state index contributed by atoms with van der Waals surface area (Å²) < 4.78 is 36.9. The Bertz CT molecular complexity index is 493. The second-order valence-corrected chi connectivity index (χ2v) is 4.71. The number of hydrogen-bond acceptors (Lipinski definition) is 4. The number of nitrogens with one attached hydrogen (secondary N) is 1. The van der Waals surface area contributed by atoms with Crippen molar-refractivity contribution in [2.75, 3.05) is 25.0 Å². The van der Waals surface area contributed by atoms with E-state index >= 15 is 0 Å². The molecule has 1 unspecified atom stereocenters. The zero-order valence-electron chi connectivity index (χ0n) is 10.5. The number of aromatic carboxylic acids is 1. The van der Waals surface area contributed by atoms with Gasteiger partial charge in [0, 0.05) is 31.5 Å². The summed E-state index contributed by atoms with van der Waals surface area (Å²) >= 11 is 0. The second kappa shape index (κ2) is 5.66. The molecule has 0 radical (unpaired) electrons. The predicted molar refractivity (Wildman–Crippen MR) is 65.7 cm³/mol. The lowest BCUT2D eigenvalue weighted by Gasteiger charge is -2.19. The van der Waals surface area contributed by atoms with Crippen molar-refractivity contribution in [3.63, 3.8) is 0 Å². The Balaban J connectivity index is 1.97. The third kappa shape index (κ3) is 3.83. The molecule has 0 spiro atoms. The summed E-state index contributed by atoms with van der Waals surface area (Å²) in [5.41, 5.74) is 0.396. The molecular formula is C12H14F3N3O2. The van der Waals surface area contributed by atoms with Crippen molar-refractivity contribution in [2.45, 2.75) is 18.6 Å². The molecule has 1 atom stereocenters. The van der Waals surface area contributed by atoms with Crippen molar-refractivity contribution >= 4 is 11.7 Å². The van der Waals surface area contributed by atoms with Gasteiger partial charge in [-0.1, -0.05) is 0 Å². The fraction of sp³-hybridized carbons (Fsp3) is 0.500. The average molecular weight is 289 g/mol. The molecule has 1 aliphatic heterocycles. The zero-order valence-corrected chi connectivity index (χ0v) is 10.5. The fourth-order valence-electron chi connectivity index (χ4n) is 2.26. The van der Waals surface area contributed by atoms with Gasteiger partial charge in [-0.15, -0.1) is 0 Å². The molecule has 0 amide bonds. The Kier molecular flexibility index (Phi) is 4.12. The minimum atomic E-state index is -4.21. The lowest BCUT2D eigenvalue weighted by atomic mass is 10.2. The molecule has 20 heavy (non-hydrogen) atoms. The van der Waals surface area contributed by atoms with Crippen molar-refractivity contribution in [3.05, 3.63) is 24.0 Å². The lowest BCUT2D eigenvalue weighted by molar-refractivity contribution is -0.143. The van der Waals surface area contributed by atoms with E-state index in [0.717, 1.165) is 0 Å². The summed E-state index contributed by atoms with van der Waals surface area (Å²) in [6, 6.07) is 1.31. The molecule has 110 valence electrons. The highest BCUT2D eigenvalue weighted by Crippen LogP contribution is 2.22. The monoisotopic (exact) mass is 289 g/mol. The zero-order chi connectivity index (χ0) is 14.8. The second-order valence-electron chi connectivity index (χ2n) is 4.71. The van der Waals surface area contributed by atoms with Crippen LogP contribution in [-0.4, -0.2) is 52.8 Å². The molecule has 1 aliphatic rings. The first-order valence-electron chi connectivity index (χ1n) is 6.08. The lowest BCUT2D eigenvalue weighted by Crippen LogP contribution is -2.34. The fourth-order valence-corrected chi connectivity index (χ4v) is 2.26. The summed E-state index contributed by atoms with van der Waals surface area (Å²) in [4.78, 5) is 16.0. The van der Waals surface area contributed by atoms with E-state index in [1.807, 2.05) is 0 Å². The van der Waals surface area contributed by atoms with E-state index < -0.39 is 18.7 Å². The van der Waals surface area contributed by atoms with Crippen molar-refractivity contribution < 1.29 is 23.1 Å². The minimum Gasteiger partial charge on any atom is -0.478 e. The van der Waals surface area contributed by atoms with E-state index in [4.69, 9.17) is 5.11 Å². The highest BCUT2D eigenvalue weighted by Gasteiger charge is 2.34. The van der Waals surface area contributed by atoms with Gasteiger partial charge in [-0.3, -0.25) is 9.88 Å². The molecule has 1 aromatic heterocycles. The van der Waals surface area contributed by atoms with Gasteiger partial charge in [-0.25, -0.2) is 4.79 Å². The number of anilines is 1. The van der Waals surface area contributed by atoms with Gasteiger partial charge in [0.1, 0.15) is 5.56 Å². The van der Waals surface area contributed by atoms with Gasteiger partial charge < -0.3 is 10.4 Å². The maximum absolute atomic E-state index is 12.3. The van der Waals surface area contributed by atoms with Crippen molar-refractivity contribution in [1.29, 1.82) is 0 Å². The molecule has 2 rings (SSSR count). The van der Waals surface area contributed by atoms with Gasteiger partial charge in [0.15, 0.2) is 0 Å². The van der Waals surface area contributed by atoms with E-state index in [2.05, 4.69) is 10.3 Å². The number of hydrogen-bond donors (Lipinski definition) is 2. The summed E-state index contributed by atoms with van der Waals surface area (Å²) in [7, 11) is 0. The van der Waals surface area contributed by atoms with Gasteiger partial charge in [0.25, 0.3) is 0 Å². The molecule has 2 N–H and O–H groups in total. The van der Waals surface area contributed by atoms with Crippen LogP contribution in [0.3, 0.4) is 0 Å². The number of rotatable bonds is 4. The number of aromatic nitrogens is 1. The smallest absolute Gasteiger partial charge is 0.401 e. The highest BCUT2D eigenvalue weighted by molar-refractivity contribution is 5.93. The van der Waals surface area contributed by atoms with Crippen LogP contribution in [0.4, 0.5) is 18.9 Å². The van der Waals surface area contributed by atoms with Crippen LogP contribution in [0.15, 0.2) is 18.5 Å². The van der Waals surface area contributed by atoms with Crippen LogP contribution >= 0.6 is 0 Å². The molecule has 1 fully saturated rings. The Morgan fingerprint density at radius 2 is 2.30 bits per heavy atom. The van der Waals surface area contributed by atoms with Crippen LogP contribution in [0.25, 0.3) is 0 Å². The van der Waals surface area contributed by atoms with Crippen LogP contribution in [0.2, 0.25) is 0 Å². The molecule has 8 heteroatoms. The molecular weight excluding hydrogens is 275 g/mol. The first-order valence-corrected chi connectivity index (χ1v) is 6.08. The SMILES string of the molecule is O=C(O)c1cnccc1NC1CCN(CC(F)(F)F)C1. The number of nitrogens with zero attached hydrogens (tertiary/aromatic N) is 2. The Morgan fingerprint density at radius 1 is 1.55 bits per heavy atom. The molecule has 5 nitrogen and oxygen atoms in total. The third-order valence-electron chi connectivity index (χ3n) is 3.09. The molecule has 0 bridgehead atoms. The molecule has 2 heterocycles. The van der Waals surface area contributed by atoms with E-state index in [1.54, 1.807) is 0 Å². The summed E-state index contributed by atoms with van der Waals surface area (Å²) in [6.07, 6.45) is -1.01. The summed E-state index contributed by atoms with van der Waals surface area (Å²) in [5.74, 6) is -1.12. The number of carboxylic acids is 1. The minimum absolute atomic E-state index is 0.0155. The van der Waals surface area contributed by atoms with Crippen LogP contribution < -0.4 is 5.32 Å². The normalized spacial score (nSPS) is 20.1. The maximum atomic E-state index is 12.3. The molecule has 1 aromatic rings. The third-order valence-corrected chi connectivity index (χ3v) is 3.09. The largest absolute Gasteiger partial charge is 0.478 e. The molecule has 0 saturated carbocycles. The standard InChI is InChI=1S/C12H14F3N3O2/c13-12(14,15)7-18-4-2-8(6-18)17-10-1-3-16-5-9(10)11(19)20/h1,3,5,8H,2,4,6-7H2,(H,16,17)(H,19,20). The van der Waals surface area contributed by atoms with Crippen molar-refractivity contribution in [1.82, 2.24) is 9.88 Å². The first-order chi connectivity index (χ1) is 9.35. The highest BCUT2D eigenvalue weighted by atomic mass is 19.4. The van der Waals surface area contributed by atoms with Gasteiger partial charge in [0.05, 0.1) is 12.2 Å². The van der Waals surface area contributed by atoms with Gasteiger partial charge >= 0.3 is 12.1 Å². The quantitative estimate of drug-likeness (QED) is 0.885. The number of carboxylic acid groups (broad SMARTS) is 1. The van der Waals surface area contributed by atoms with Crippen LogP contribution in [0.5, 0.6) is 0 Å². The van der Waals surface area contributed by atoms with Crippen LogP contribution in [-0.2, 0) is 0 Å². The first kappa shape index (κ1) is 14.6. The van der Waals surface area contributed by atoms with Gasteiger partial charge in [-0.05, 0) is 12.5 Å². The van der Waals surface area contributed by atoms with Crippen molar-refractivity contribution in [3.8, 4) is 0 Å². The molecule has 1 saturated heterocycles. The molecule has 0 aliphatic carbocycles. The molecule has 0 aromatic carbocycles. The number of alkyl halides is 3. The van der Waals surface area contributed by atoms with E-state index in [1.165, 1.54) is 23.4 Å². The van der Waals surface area contributed by atoms with Gasteiger partial charge in [-0.2, -0.15) is 13.2 Å². The summed E-state index contributed by atoms with van der Waals surface area (Å²) in [5, 5.41) is 12.0. The van der Waals surface area contributed by atoms with Crippen LogP contribution in [0.1, 0.15) is 16.8 Å². The van der Waals surface area contributed by atoms with Crippen LogP contribution in [0, 0.1) is 0 Å². The predicted octanol–water partition coefficient (Wildman–Crippen LogP) is 1.83. The van der Waals surface area contributed by atoms with E-state index in [9.17, 15) is 18.0 Å². The summed E-state index contributed by atoms with van der Waals surface area (Å²) in [6.45, 7) is -0.362. The Hall–Kier alpha value is -1.83. The maximum Gasteiger partial charge on any atom is 0.401 e. The van der Waals surface area contributed by atoms with Crippen molar-refractivity contribution in [2.24, 2.45) is 0 Å². The average Bonchev–Trinajstić information content (AvgIpc) is 2.74.